The molecule has 0 atom stereocenters. The van der Waals surface area contributed by atoms with Gasteiger partial charge in [0.05, 0.1) is 0 Å². The van der Waals surface area contributed by atoms with Crippen LogP contribution in [0.1, 0.15) is 51.0 Å². The van der Waals surface area contributed by atoms with Crippen molar-refractivity contribution in [1.82, 2.24) is 5.32 Å². The Balaban J connectivity index is 1.91. The molecule has 0 saturated heterocycles. The molecule has 0 radical (unpaired) electrons. The summed E-state index contributed by atoms with van der Waals surface area (Å²) < 4.78 is 14.4. The molecule has 0 bridgehead atoms. The van der Waals surface area contributed by atoms with Crippen molar-refractivity contribution in [2.75, 3.05) is 13.1 Å². The zero-order valence-corrected chi connectivity index (χ0v) is 12.9. The van der Waals surface area contributed by atoms with Gasteiger partial charge in [-0.05, 0) is 49.8 Å². The van der Waals surface area contributed by atoms with E-state index >= 15 is 0 Å². The third-order valence-electron chi connectivity index (χ3n) is 5.30. The quantitative estimate of drug-likeness (QED) is 0.850. The molecule has 3 heteroatoms. The standard InChI is InChI=1S/C17H23ClFN/c1-2-20-12-17(10-16(11-17)8-3-4-9-16)15-13(18)6-5-7-14(15)19/h5-7,20H,2-4,8-12H2,1H3. The van der Waals surface area contributed by atoms with Crippen molar-refractivity contribution in [2.24, 2.45) is 5.41 Å². The van der Waals surface area contributed by atoms with Gasteiger partial charge in [-0.1, -0.05) is 37.4 Å². The van der Waals surface area contributed by atoms with Crippen molar-refractivity contribution in [3.63, 3.8) is 0 Å². The molecule has 110 valence electrons. The smallest absolute Gasteiger partial charge is 0.128 e. The largest absolute Gasteiger partial charge is 0.316 e. The van der Waals surface area contributed by atoms with Gasteiger partial charge in [-0.2, -0.15) is 0 Å². The molecule has 2 aliphatic carbocycles. The van der Waals surface area contributed by atoms with Gasteiger partial charge in [0, 0.05) is 22.5 Å². The van der Waals surface area contributed by atoms with Gasteiger partial charge < -0.3 is 5.32 Å². The van der Waals surface area contributed by atoms with Crippen LogP contribution in [0.5, 0.6) is 0 Å². The fourth-order valence-corrected chi connectivity index (χ4v) is 4.98. The molecule has 3 rings (SSSR count). The highest BCUT2D eigenvalue weighted by atomic mass is 35.5. The summed E-state index contributed by atoms with van der Waals surface area (Å²) in [6, 6.07) is 5.08. The van der Waals surface area contributed by atoms with Gasteiger partial charge in [0.2, 0.25) is 0 Å². The summed E-state index contributed by atoms with van der Waals surface area (Å²) in [4.78, 5) is 0. The van der Waals surface area contributed by atoms with Crippen LogP contribution >= 0.6 is 11.6 Å². The minimum atomic E-state index is -0.136. The molecule has 0 heterocycles. The lowest BCUT2D eigenvalue weighted by atomic mass is 9.49. The zero-order chi connectivity index (χ0) is 14.2. The maximum Gasteiger partial charge on any atom is 0.128 e. The lowest BCUT2D eigenvalue weighted by Gasteiger charge is -2.56. The van der Waals surface area contributed by atoms with E-state index in [-0.39, 0.29) is 11.2 Å². The molecule has 0 aliphatic heterocycles. The minimum Gasteiger partial charge on any atom is -0.316 e. The Hall–Kier alpha value is -0.600. The summed E-state index contributed by atoms with van der Waals surface area (Å²) in [5, 5.41) is 4.02. The average molecular weight is 296 g/mol. The monoisotopic (exact) mass is 295 g/mol. The van der Waals surface area contributed by atoms with E-state index in [1.165, 1.54) is 25.7 Å². The Bertz CT molecular complexity index is 466. The van der Waals surface area contributed by atoms with Gasteiger partial charge in [0.15, 0.2) is 0 Å². The van der Waals surface area contributed by atoms with Gasteiger partial charge in [0.1, 0.15) is 5.82 Å². The maximum atomic E-state index is 14.4. The lowest BCUT2D eigenvalue weighted by molar-refractivity contribution is 0.0251. The van der Waals surface area contributed by atoms with E-state index in [2.05, 4.69) is 12.2 Å². The molecular formula is C17H23ClFN. The first-order chi connectivity index (χ1) is 9.61. The first-order valence-corrected chi connectivity index (χ1v) is 8.14. The lowest BCUT2D eigenvalue weighted by Crippen LogP contribution is -2.54. The van der Waals surface area contributed by atoms with E-state index < -0.39 is 0 Å². The van der Waals surface area contributed by atoms with Crippen molar-refractivity contribution in [3.05, 3.63) is 34.6 Å². The number of halogens is 2. The van der Waals surface area contributed by atoms with Gasteiger partial charge >= 0.3 is 0 Å². The predicted molar refractivity (Wildman–Crippen MR) is 81.8 cm³/mol. The molecule has 20 heavy (non-hydrogen) atoms. The zero-order valence-electron chi connectivity index (χ0n) is 12.1. The summed E-state index contributed by atoms with van der Waals surface area (Å²) >= 11 is 6.33. The molecule has 2 saturated carbocycles. The summed E-state index contributed by atoms with van der Waals surface area (Å²) in [6.45, 7) is 3.85. The van der Waals surface area contributed by atoms with Crippen molar-refractivity contribution >= 4 is 11.6 Å². The van der Waals surface area contributed by atoms with Crippen LogP contribution in [-0.4, -0.2) is 13.1 Å². The highest BCUT2D eigenvalue weighted by molar-refractivity contribution is 6.31. The molecule has 1 N–H and O–H groups in total. The molecule has 1 aromatic rings. The minimum absolute atomic E-state index is 0.0945. The van der Waals surface area contributed by atoms with Crippen molar-refractivity contribution < 1.29 is 4.39 Å². The van der Waals surface area contributed by atoms with Crippen LogP contribution < -0.4 is 5.32 Å². The summed E-state index contributed by atoms with van der Waals surface area (Å²) in [5.41, 5.74) is 1.13. The van der Waals surface area contributed by atoms with Crippen LogP contribution in [0.2, 0.25) is 5.02 Å². The molecule has 1 aromatic carbocycles. The van der Waals surface area contributed by atoms with Gasteiger partial charge in [-0.15, -0.1) is 0 Å². The first-order valence-electron chi connectivity index (χ1n) is 7.76. The fourth-order valence-electron chi connectivity index (χ4n) is 4.62. The van der Waals surface area contributed by atoms with E-state index in [0.717, 1.165) is 31.5 Å². The van der Waals surface area contributed by atoms with E-state index in [1.54, 1.807) is 12.1 Å². The van der Waals surface area contributed by atoms with Gasteiger partial charge in [0.25, 0.3) is 0 Å². The topological polar surface area (TPSA) is 12.0 Å². The third kappa shape index (κ3) is 2.27. The Morgan fingerprint density at radius 3 is 2.55 bits per heavy atom. The molecule has 0 unspecified atom stereocenters. The molecule has 1 spiro atoms. The number of rotatable bonds is 4. The van der Waals surface area contributed by atoms with E-state index in [1.807, 2.05) is 6.07 Å². The average Bonchev–Trinajstić information content (AvgIpc) is 2.84. The number of hydrogen-bond donors (Lipinski definition) is 1. The van der Waals surface area contributed by atoms with Crippen LogP contribution in [0.15, 0.2) is 18.2 Å². The van der Waals surface area contributed by atoms with Gasteiger partial charge in [-0.3, -0.25) is 0 Å². The molecule has 0 aromatic heterocycles. The Labute approximate surface area is 125 Å². The normalized spacial score (nSPS) is 22.9. The Kier molecular flexibility index (Phi) is 3.81. The number of nitrogens with one attached hydrogen (secondary N) is 1. The number of likely N-dealkylation sites (N-methyl/N-ethyl adjacent to an activating group) is 1. The van der Waals surface area contributed by atoms with E-state index in [0.29, 0.717) is 10.4 Å². The second-order valence-corrected chi connectivity index (χ2v) is 7.13. The van der Waals surface area contributed by atoms with E-state index in [4.69, 9.17) is 11.6 Å². The van der Waals surface area contributed by atoms with Crippen LogP contribution in [0.25, 0.3) is 0 Å². The van der Waals surface area contributed by atoms with Crippen molar-refractivity contribution in [2.45, 2.75) is 50.9 Å². The second-order valence-electron chi connectivity index (χ2n) is 6.72. The number of benzene rings is 1. The van der Waals surface area contributed by atoms with Crippen LogP contribution in [0.3, 0.4) is 0 Å². The molecule has 2 aliphatic rings. The second kappa shape index (κ2) is 5.31. The highest BCUT2D eigenvalue weighted by Crippen LogP contribution is 2.63. The molecule has 0 amide bonds. The van der Waals surface area contributed by atoms with Crippen molar-refractivity contribution in [1.29, 1.82) is 0 Å². The predicted octanol–water partition coefficient (Wildman–Crippen LogP) is 4.68. The maximum absolute atomic E-state index is 14.4. The summed E-state index contributed by atoms with van der Waals surface area (Å²) in [6.07, 6.45) is 7.48. The molecule has 1 nitrogen and oxygen atoms in total. The van der Waals surface area contributed by atoms with Crippen LogP contribution in [-0.2, 0) is 5.41 Å². The Morgan fingerprint density at radius 2 is 1.95 bits per heavy atom. The van der Waals surface area contributed by atoms with Crippen molar-refractivity contribution in [3.8, 4) is 0 Å². The highest BCUT2D eigenvalue weighted by Gasteiger charge is 2.56. The van der Waals surface area contributed by atoms with E-state index in [9.17, 15) is 4.39 Å². The van der Waals surface area contributed by atoms with Crippen LogP contribution in [0.4, 0.5) is 4.39 Å². The third-order valence-corrected chi connectivity index (χ3v) is 5.61. The summed E-state index contributed by atoms with van der Waals surface area (Å²) in [5.74, 6) is -0.136. The fraction of sp³-hybridized carbons (Fsp3) is 0.647. The molecule has 2 fully saturated rings. The Morgan fingerprint density at radius 1 is 1.25 bits per heavy atom. The molecular weight excluding hydrogens is 273 g/mol. The van der Waals surface area contributed by atoms with Crippen LogP contribution in [0, 0.1) is 11.2 Å². The van der Waals surface area contributed by atoms with Gasteiger partial charge in [-0.25, -0.2) is 4.39 Å². The SMILES string of the molecule is CCNCC1(c2c(F)cccc2Cl)CC2(CCCC2)C1. The first kappa shape index (κ1) is 14.3. The number of hydrogen-bond acceptors (Lipinski definition) is 1. The summed E-state index contributed by atoms with van der Waals surface area (Å²) in [7, 11) is 0.